The number of hydrogen-bond acceptors (Lipinski definition) is 7. The molecule has 28 heavy (non-hydrogen) atoms. The van der Waals surface area contributed by atoms with Crippen molar-refractivity contribution in [3.05, 3.63) is 53.7 Å². The normalized spacial score (nSPS) is 15.7. The second kappa shape index (κ2) is 7.94. The Kier molecular flexibility index (Phi) is 5.38. The monoisotopic (exact) mass is 415 g/mol. The Hall–Kier alpha value is -2.36. The lowest BCUT2D eigenvalue weighted by Crippen LogP contribution is -2.48. The van der Waals surface area contributed by atoms with Crippen molar-refractivity contribution in [1.29, 1.82) is 0 Å². The Morgan fingerprint density at radius 3 is 2.46 bits per heavy atom. The molecule has 4 heterocycles. The van der Waals surface area contributed by atoms with E-state index in [-0.39, 0.29) is 0 Å². The van der Waals surface area contributed by atoms with Crippen LogP contribution in [-0.2, 0) is 16.4 Å². The first kappa shape index (κ1) is 19.0. The zero-order valence-electron chi connectivity index (χ0n) is 15.5. The Labute approximate surface area is 168 Å². The number of rotatable bonds is 5. The van der Waals surface area contributed by atoms with Gasteiger partial charge in [-0.2, -0.15) is 4.31 Å². The molecular formula is C19H21N5O2S2. The molecule has 4 rings (SSSR count). The molecule has 146 valence electrons. The summed E-state index contributed by atoms with van der Waals surface area (Å²) < 4.78 is 27.7. The van der Waals surface area contributed by atoms with Crippen LogP contribution in [0.1, 0.15) is 11.8 Å². The van der Waals surface area contributed by atoms with E-state index in [1.165, 1.54) is 11.3 Å². The van der Waals surface area contributed by atoms with Crippen LogP contribution >= 0.6 is 11.3 Å². The van der Waals surface area contributed by atoms with E-state index in [0.29, 0.717) is 30.4 Å². The van der Waals surface area contributed by atoms with Crippen LogP contribution in [0, 0.1) is 0 Å². The number of aromatic nitrogens is 3. The zero-order chi connectivity index (χ0) is 19.6. The second-order valence-electron chi connectivity index (χ2n) is 6.48. The topological polar surface area (TPSA) is 79.3 Å². The lowest BCUT2D eigenvalue weighted by Gasteiger charge is -2.34. The predicted molar refractivity (Wildman–Crippen MR) is 110 cm³/mol. The van der Waals surface area contributed by atoms with Crippen molar-refractivity contribution in [2.45, 2.75) is 17.6 Å². The molecule has 7 nitrogen and oxygen atoms in total. The molecule has 1 aliphatic heterocycles. The minimum absolute atomic E-state index is 0.429. The fourth-order valence-electron chi connectivity index (χ4n) is 3.13. The van der Waals surface area contributed by atoms with E-state index < -0.39 is 10.0 Å². The number of sulfonamides is 1. The van der Waals surface area contributed by atoms with Crippen molar-refractivity contribution in [3.8, 4) is 11.3 Å². The van der Waals surface area contributed by atoms with Crippen LogP contribution in [0.25, 0.3) is 11.3 Å². The molecule has 1 saturated heterocycles. The van der Waals surface area contributed by atoms with Crippen molar-refractivity contribution < 1.29 is 8.42 Å². The summed E-state index contributed by atoms with van der Waals surface area (Å²) in [5, 5.41) is 8.61. The van der Waals surface area contributed by atoms with Gasteiger partial charge in [0, 0.05) is 49.0 Å². The summed E-state index contributed by atoms with van der Waals surface area (Å²) in [6, 6.07) is 11.3. The molecule has 0 saturated carbocycles. The largest absolute Gasteiger partial charge is 0.352 e. The van der Waals surface area contributed by atoms with Crippen LogP contribution in [0.3, 0.4) is 0 Å². The molecule has 0 atom stereocenters. The van der Waals surface area contributed by atoms with Crippen molar-refractivity contribution in [2.24, 2.45) is 0 Å². The van der Waals surface area contributed by atoms with Crippen LogP contribution in [0.15, 0.2) is 53.0 Å². The number of anilines is 1. The fraction of sp³-hybridized carbons (Fsp3) is 0.316. The maximum atomic E-state index is 12.8. The van der Waals surface area contributed by atoms with Gasteiger partial charge in [-0.25, -0.2) is 8.42 Å². The summed E-state index contributed by atoms with van der Waals surface area (Å²) in [6.07, 6.45) is 4.32. The molecular weight excluding hydrogens is 394 g/mol. The van der Waals surface area contributed by atoms with Crippen LogP contribution in [0.4, 0.5) is 5.82 Å². The number of thiophene rings is 1. The smallest absolute Gasteiger partial charge is 0.252 e. The average molecular weight is 416 g/mol. The van der Waals surface area contributed by atoms with E-state index in [0.717, 1.165) is 28.4 Å². The summed E-state index contributed by atoms with van der Waals surface area (Å²) in [5.41, 5.74) is 1.68. The van der Waals surface area contributed by atoms with Gasteiger partial charge in [-0.15, -0.1) is 21.5 Å². The van der Waals surface area contributed by atoms with E-state index >= 15 is 0 Å². The Bertz CT molecular complexity index is 1030. The van der Waals surface area contributed by atoms with Crippen LogP contribution in [-0.4, -0.2) is 54.1 Å². The molecule has 0 amide bonds. The highest BCUT2D eigenvalue weighted by Gasteiger charge is 2.30. The minimum Gasteiger partial charge on any atom is -0.352 e. The van der Waals surface area contributed by atoms with Gasteiger partial charge < -0.3 is 4.90 Å². The third-order valence-corrected chi connectivity index (χ3v) is 8.35. The van der Waals surface area contributed by atoms with Crippen LogP contribution in [0.5, 0.6) is 0 Å². The Morgan fingerprint density at radius 2 is 1.86 bits per heavy atom. The second-order valence-corrected chi connectivity index (χ2v) is 9.82. The first-order valence-electron chi connectivity index (χ1n) is 9.16. The lowest BCUT2D eigenvalue weighted by molar-refractivity contribution is 0.384. The van der Waals surface area contributed by atoms with Crippen molar-refractivity contribution in [3.63, 3.8) is 0 Å². The predicted octanol–water partition coefficient (Wildman–Crippen LogP) is 2.67. The van der Waals surface area contributed by atoms with Gasteiger partial charge in [0.25, 0.3) is 10.0 Å². The molecule has 0 unspecified atom stereocenters. The molecule has 3 aromatic heterocycles. The highest BCUT2D eigenvalue weighted by molar-refractivity contribution is 7.91. The number of pyridine rings is 1. The summed E-state index contributed by atoms with van der Waals surface area (Å²) in [5.74, 6) is 0.758. The van der Waals surface area contributed by atoms with E-state index in [9.17, 15) is 8.42 Å². The van der Waals surface area contributed by atoms with E-state index in [1.54, 1.807) is 22.8 Å². The van der Waals surface area contributed by atoms with E-state index in [4.69, 9.17) is 0 Å². The highest BCUT2D eigenvalue weighted by Crippen LogP contribution is 2.27. The van der Waals surface area contributed by atoms with Gasteiger partial charge in [0.2, 0.25) is 0 Å². The third kappa shape index (κ3) is 3.78. The lowest BCUT2D eigenvalue weighted by atomic mass is 10.2. The maximum Gasteiger partial charge on any atom is 0.252 e. The maximum absolute atomic E-state index is 12.8. The van der Waals surface area contributed by atoms with Crippen LogP contribution in [0.2, 0.25) is 0 Å². The van der Waals surface area contributed by atoms with Crippen LogP contribution < -0.4 is 4.90 Å². The summed E-state index contributed by atoms with van der Waals surface area (Å²) in [7, 11) is -3.42. The number of hydrogen-bond donors (Lipinski definition) is 0. The molecule has 0 bridgehead atoms. The van der Waals surface area contributed by atoms with Crippen molar-refractivity contribution in [2.75, 3.05) is 31.1 Å². The van der Waals surface area contributed by atoms with E-state index in [1.807, 2.05) is 37.3 Å². The van der Waals surface area contributed by atoms with Gasteiger partial charge in [0.05, 0.1) is 5.69 Å². The molecule has 0 N–H and O–H groups in total. The summed E-state index contributed by atoms with van der Waals surface area (Å²) in [4.78, 5) is 7.25. The number of nitrogens with zero attached hydrogens (tertiary/aromatic N) is 5. The Balaban J connectivity index is 1.42. The first-order valence-corrected chi connectivity index (χ1v) is 11.4. The SMILES string of the molecule is CCc1ccc(S(=O)(=O)N2CCN(c3ccc(-c4cccnc4)nn3)CC2)s1. The van der Waals surface area contributed by atoms with Gasteiger partial charge in [0.15, 0.2) is 5.82 Å². The highest BCUT2D eigenvalue weighted by atomic mass is 32.2. The van der Waals surface area contributed by atoms with Crippen molar-refractivity contribution in [1.82, 2.24) is 19.5 Å². The van der Waals surface area contributed by atoms with Gasteiger partial charge in [0.1, 0.15) is 4.21 Å². The van der Waals surface area contributed by atoms with E-state index in [2.05, 4.69) is 20.1 Å². The third-order valence-electron chi connectivity index (χ3n) is 4.75. The van der Waals surface area contributed by atoms with Gasteiger partial charge in [-0.05, 0) is 42.8 Å². The fourth-order valence-corrected chi connectivity index (χ4v) is 6.01. The average Bonchev–Trinajstić information content (AvgIpc) is 3.25. The molecule has 3 aromatic rings. The molecule has 0 aliphatic carbocycles. The molecule has 0 radical (unpaired) electrons. The van der Waals surface area contributed by atoms with Gasteiger partial charge in [-0.3, -0.25) is 4.98 Å². The van der Waals surface area contributed by atoms with Gasteiger partial charge >= 0.3 is 0 Å². The molecule has 0 spiro atoms. The van der Waals surface area contributed by atoms with Gasteiger partial charge in [-0.1, -0.05) is 6.92 Å². The zero-order valence-corrected chi connectivity index (χ0v) is 17.2. The first-order chi connectivity index (χ1) is 13.6. The summed E-state index contributed by atoms with van der Waals surface area (Å²) in [6.45, 7) is 4.08. The van der Waals surface area contributed by atoms with Crippen molar-refractivity contribution >= 4 is 27.2 Å². The summed E-state index contributed by atoms with van der Waals surface area (Å²) >= 11 is 1.36. The Morgan fingerprint density at radius 1 is 1.04 bits per heavy atom. The quantitative estimate of drug-likeness (QED) is 0.637. The number of aryl methyl sites for hydroxylation is 1. The molecule has 1 aliphatic rings. The number of piperazine rings is 1. The molecule has 1 fully saturated rings. The molecule has 9 heteroatoms. The minimum atomic E-state index is -3.42. The standard InChI is InChI=1S/C19H21N5O2S2/c1-2-16-5-8-19(27-16)28(25,26)24-12-10-23(11-13-24)18-7-6-17(21-22-18)15-4-3-9-20-14-15/h3-9,14H,2,10-13H2,1H3. The molecule has 0 aromatic carbocycles.